The Morgan fingerprint density at radius 2 is 2.12 bits per heavy atom. The molecule has 0 aliphatic rings. The normalized spacial score (nSPS) is 15.8. The summed E-state index contributed by atoms with van der Waals surface area (Å²) in [5, 5.41) is -0.845. The molecular weight excluding hydrogens is 129 g/mol. The van der Waals surface area contributed by atoms with E-state index in [2.05, 4.69) is 0 Å². The Balaban J connectivity index is 4.04. The summed E-state index contributed by atoms with van der Waals surface area (Å²) in [5.41, 5.74) is 4.92. The lowest BCUT2D eigenvalue weighted by Crippen LogP contribution is -2.29. The molecule has 0 saturated heterocycles. The Hall–Kier alpha value is -0.0651. The smallest absolute Gasteiger partial charge is 0.261 e. The third-order valence-corrected chi connectivity index (χ3v) is 2.05. The molecule has 1 unspecified atom stereocenters. The second kappa shape index (κ2) is 2.47. The van der Waals surface area contributed by atoms with E-state index >= 15 is 0 Å². The Morgan fingerprint density at radius 1 is 1.75 bits per heavy atom. The van der Waals surface area contributed by atoms with Gasteiger partial charge in [0.2, 0.25) is 0 Å². The fourth-order valence-corrected chi connectivity index (χ4v) is 0.365. The van der Waals surface area contributed by atoms with Crippen LogP contribution < -0.4 is 5.73 Å². The number of rotatable bonds is 2. The molecule has 0 radical (unpaired) electrons. The first-order valence-electron chi connectivity index (χ1n) is 2.15. The third-order valence-electron chi connectivity index (χ3n) is 0.840. The molecule has 0 saturated carbocycles. The molecular formula is C2H8BNO3S. The van der Waals surface area contributed by atoms with Crippen LogP contribution in [0.4, 0.5) is 0 Å². The molecule has 0 aromatic rings. The van der Waals surface area contributed by atoms with Crippen LogP contribution in [-0.4, -0.2) is 32.5 Å². The van der Waals surface area contributed by atoms with Crippen LogP contribution in [0.5, 0.6) is 0 Å². The van der Waals surface area contributed by atoms with Gasteiger partial charge in [-0.1, -0.05) is 0 Å². The Morgan fingerprint density at radius 3 is 2.12 bits per heavy atom. The van der Waals surface area contributed by atoms with Crippen molar-refractivity contribution in [3.63, 3.8) is 0 Å². The number of hydrogen-bond acceptors (Lipinski definition) is 3. The largest absolute Gasteiger partial charge is 0.330 e. The fraction of sp³-hybridized carbons (Fsp3) is 1.00. The summed E-state index contributed by atoms with van der Waals surface area (Å²) in [5.74, 6) is 0. The van der Waals surface area contributed by atoms with Gasteiger partial charge in [-0.3, -0.25) is 4.55 Å². The van der Waals surface area contributed by atoms with Crippen LogP contribution in [0.2, 0.25) is 0 Å². The molecule has 48 valence electrons. The number of hydrogen-bond donors (Lipinski definition) is 2. The lowest BCUT2D eigenvalue weighted by molar-refractivity contribution is 0.479. The van der Waals surface area contributed by atoms with Crippen LogP contribution in [0, 0.1) is 0 Å². The van der Waals surface area contributed by atoms with Crippen molar-refractivity contribution < 1.29 is 13.0 Å². The van der Waals surface area contributed by atoms with Crippen LogP contribution in [0.3, 0.4) is 0 Å². The Kier molecular flexibility index (Phi) is 2.45. The maximum Gasteiger partial charge on any atom is 0.261 e. The lowest BCUT2D eigenvalue weighted by Gasteiger charge is -2.00. The van der Waals surface area contributed by atoms with Crippen LogP contribution in [0.15, 0.2) is 0 Å². The Bertz CT molecular complexity index is 153. The molecule has 0 aliphatic heterocycles. The van der Waals surface area contributed by atoms with Gasteiger partial charge in [0.1, 0.15) is 7.85 Å². The summed E-state index contributed by atoms with van der Waals surface area (Å²) < 4.78 is 28.3. The zero-order valence-electron chi connectivity index (χ0n) is 4.53. The molecule has 0 heterocycles. The fourth-order valence-electron chi connectivity index (χ4n) is 0.122. The molecule has 0 amide bonds. The predicted molar refractivity (Wildman–Crippen MR) is 32.9 cm³/mol. The van der Waals surface area contributed by atoms with Crippen molar-refractivity contribution in [3.8, 4) is 0 Å². The molecule has 0 aromatic heterocycles. The Labute approximate surface area is 49.2 Å². The van der Waals surface area contributed by atoms with E-state index in [-0.39, 0.29) is 6.54 Å². The highest BCUT2D eigenvalue weighted by molar-refractivity contribution is 7.87. The van der Waals surface area contributed by atoms with Gasteiger partial charge in [0.25, 0.3) is 10.1 Å². The molecule has 0 spiro atoms. The van der Waals surface area contributed by atoms with Gasteiger partial charge in [0, 0.05) is 6.54 Å². The summed E-state index contributed by atoms with van der Waals surface area (Å²) in [6.07, 6.45) is 0. The van der Waals surface area contributed by atoms with Crippen LogP contribution in [0.25, 0.3) is 0 Å². The van der Waals surface area contributed by atoms with Gasteiger partial charge in [-0.05, 0) is 0 Å². The van der Waals surface area contributed by atoms with Crippen LogP contribution in [0.1, 0.15) is 0 Å². The van der Waals surface area contributed by atoms with E-state index in [4.69, 9.17) is 10.3 Å². The summed E-state index contributed by atoms with van der Waals surface area (Å²) in [7, 11) is -2.54. The SMILES string of the molecule is BC(CN)S(=O)(=O)O. The molecule has 0 fully saturated rings. The van der Waals surface area contributed by atoms with Crippen molar-refractivity contribution in [1.82, 2.24) is 0 Å². The van der Waals surface area contributed by atoms with E-state index in [9.17, 15) is 8.42 Å². The molecule has 0 aliphatic carbocycles. The minimum absolute atomic E-state index is 0.0428. The quantitative estimate of drug-likeness (QED) is 0.334. The highest BCUT2D eigenvalue weighted by atomic mass is 32.2. The highest BCUT2D eigenvalue weighted by Gasteiger charge is 2.13. The predicted octanol–water partition coefficient (Wildman–Crippen LogP) is -2.21. The first-order valence-corrected chi connectivity index (χ1v) is 3.65. The minimum Gasteiger partial charge on any atom is -0.330 e. The first-order chi connectivity index (χ1) is 3.48. The van der Waals surface area contributed by atoms with E-state index in [1.807, 2.05) is 0 Å². The van der Waals surface area contributed by atoms with Crippen molar-refractivity contribution in [1.29, 1.82) is 0 Å². The molecule has 6 heteroatoms. The minimum atomic E-state index is -3.88. The first kappa shape index (κ1) is 7.93. The molecule has 8 heavy (non-hydrogen) atoms. The van der Waals surface area contributed by atoms with E-state index < -0.39 is 15.3 Å². The van der Waals surface area contributed by atoms with Crippen molar-refractivity contribution in [2.75, 3.05) is 6.54 Å². The van der Waals surface area contributed by atoms with Gasteiger partial charge >= 0.3 is 0 Å². The van der Waals surface area contributed by atoms with Crippen LogP contribution >= 0.6 is 0 Å². The van der Waals surface area contributed by atoms with Gasteiger partial charge in [-0.25, -0.2) is 8.42 Å². The molecule has 0 rings (SSSR count). The van der Waals surface area contributed by atoms with Gasteiger partial charge in [0.05, 0.1) is 5.15 Å². The van der Waals surface area contributed by atoms with Crippen LogP contribution in [-0.2, 0) is 10.1 Å². The molecule has 0 aromatic carbocycles. The summed E-state index contributed by atoms with van der Waals surface area (Å²) in [6, 6.07) is 0. The van der Waals surface area contributed by atoms with Gasteiger partial charge in [-0.2, -0.15) is 0 Å². The standard InChI is InChI=1S/C2H8BNO3S/c3-2(1-4)8(5,6)7/h2H,1,3-4H2,(H,5,6,7). The summed E-state index contributed by atoms with van der Waals surface area (Å²) in [6.45, 7) is -0.0428. The maximum absolute atomic E-state index is 10.0. The zero-order chi connectivity index (χ0) is 6.78. The molecule has 3 N–H and O–H groups in total. The van der Waals surface area contributed by atoms with E-state index in [0.717, 1.165) is 0 Å². The second-order valence-electron chi connectivity index (χ2n) is 1.56. The van der Waals surface area contributed by atoms with Crippen molar-refractivity contribution in [2.45, 2.75) is 5.15 Å². The van der Waals surface area contributed by atoms with Gasteiger partial charge in [0.15, 0.2) is 0 Å². The molecule has 1 atom stereocenters. The lowest BCUT2D eigenvalue weighted by atomic mass is 10.1. The average Bonchev–Trinajstić information content (AvgIpc) is 1.62. The van der Waals surface area contributed by atoms with E-state index in [1.54, 1.807) is 0 Å². The maximum atomic E-state index is 10.0. The third kappa shape index (κ3) is 2.30. The zero-order valence-corrected chi connectivity index (χ0v) is 5.35. The van der Waals surface area contributed by atoms with Crippen molar-refractivity contribution in [2.24, 2.45) is 5.73 Å². The highest BCUT2D eigenvalue weighted by Crippen LogP contribution is 1.87. The molecule has 4 nitrogen and oxygen atoms in total. The average molecular weight is 137 g/mol. The van der Waals surface area contributed by atoms with Gasteiger partial charge < -0.3 is 5.73 Å². The van der Waals surface area contributed by atoms with Crippen molar-refractivity contribution >= 4 is 18.0 Å². The van der Waals surface area contributed by atoms with E-state index in [0.29, 0.717) is 0 Å². The van der Waals surface area contributed by atoms with Crippen molar-refractivity contribution in [3.05, 3.63) is 0 Å². The molecule has 0 bridgehead atoms. The monoisotopic (exact) mass is 137 g/mol. The van der Waals surface area contributed by atoms with E-state index in [1.165, 1.54) is 7.85 Å². The summed E-state index contributed by atoms with van der Waals surface area (Å²) >= 11 is 0. The summed E-state index contributed by atoms with van der Waals surface area (Å²) in [4.78, 5) is 0. The topological polar surface area (TPSA) is 80.4 Å². The van der Waals surface area contributed by atoms with Gasteiger partial charge in [-0.15, -0.1) is 0 Å². The number of nitrogens with two attached hydrogens (primary N) is 1. The second-order valence-corrected chi connectivity index (χ2v) is 3.40.